The molecule has 0 saturated carbocycles. The first-order chi connectivity index (χ1) is 17.9. The van der Waals surface area contributed by atoms with E-state index in [2.05, 4.69) is 59.0 Å². The molecular weight excluding hydrogens is 460 g/mol. The lowest BCUT2D eigenvalue weighted by Gasteiger charge is -2.43. The van der Waals surface area contributed by atoms with Crippen molar-refractivity contribution < 1.29 is 4.79 Å². The van der Waals surface area contributed by atoms with Gasteiger partial charge in [0.05, 0.1) is 29.2 Å². The van der Waals surface area contributed by atoms with Gasteiger partial charge < -0.3 is 10.2 Å². The number of likely N-dealkylation sites (tertiary alicyclic amines) is 1. The van der Waals surface area contributed by atoms with Gasteiger partial charge in [-0.15, -0.1) is 0 Å². The summed E-state index contributed by atoms with van der Waals surface area (Å²) in [6.45, 7) is 9.84. The van der Waals surface area contributed by atoms with Gasteiger partial charge in [-0.3, -0.25) is 4.79 Å². The quantitative estimate of drug-likeness (QED) is 0.397. The van der Waals surface area contributed by atoms with E-state index in [4.69, 9.17) is 10.4 Å². The molecule has 2 aromatic heterocycles. The molecule has 37 heavy (non-hydrogen) atoms. The molecule has 7 heteroatoms. The standard InChI is InChI=1S/C30H30N6O/c1-4-30(33-22(3)37)15-17-35(18-16-30)21(2)24-9-11-25(12-10-24)27-13-14-29-32-20-28(36(29)34-27)26-7-5-23(19-31)6-8-26/h5-14,20H,2,4,15-18H2,1,3H3,(H,33,37). The third-order valence-electron chi connectivity index (χ3n) is 7.41. The summed E-state index contributed by atoms with van der Waals surface area (Å²) in [5.41, 5.74) is 7.03. The Hall–Kier alpha value is -4.44. The summed E-state index contributed by atoms with van der Waals surface area (Å²) in [7, 11) is 0. The minimum atomic E-state index is -0.110. The van der Waals surface area contributed by atoms with E-state index in [1.54, 1.807) is 25.3 Å². The zero-order valence-corrected chi connectivity index (χ0v) is 21.2. The van der Waals surface area contributed by atoms with Crippen LogP contribution in [-0.4, -0.2) is 44.0 Å². The Kier molecular flexibility index (Phi) is 6.49. The molecule has 186 valence electrons. The first kappa shape index (κ1) is 24.3. The van der Waals surface area contributed by atoms with Crippen molar-refractivity contribution in [2.75, 3.05) is 13.1 Å². The molecule has 2 aromatic carbocycles. The number of nitrogens with one attached hydrogen (secondary N) is 1. The molecule has 1 aliphatic rings. The van der Waals surface area contributed by atoms with Gasteiger partial charge in [-0.2, -0.15) is 10.4 Å². The van der Waals surface area contributed by atoms with Crippen LogP contribution >= 0.6 is 0 Å². The number of carbonyl (C=O) groups excluding carboxylic acids is 1. The van der Waals surface area contributed by atoms with Crippen LogP contribution in [0.3, 0.4) is 0 Å². The van der Waals surface area contributed by atoms with Gasteiger partial charge in [0.2, 0.25) is 5.91 Å². The Balaban J connectivity index is 1.33. The van der Waals surface area contributed by atoms with Crippen molar-refractivity contribution in [1.29, 1.82) is 5.26 Å². The average molecular weight is 491 g/mol. The first-order valence-electron chi connectivity index (χ1n) is 12.6. The summed E-state index contributed by atoms with van der Waals surface area (Å²) >= 11 is 0. The Morgan fingerprint density at radius 2 is 1.73 bits per heavy atom. The van der Waals surface area contributed by atoms with Crippen molar-refractivity contribution in [3.8, 4) is 28.6 Å². The Morgan fingerprint density at radius 1 is 1.05 bits per heavy atom. The molecule has 1 N–H and O–H groups in total. The fourth-order valence-electron chi connectivity index (χ4n) is 5.10. The van der Waals surface area contributed by atoms with Crippen molar-refractivity contribution in [2.24, 2.45) is 0 Å². The van der Waals surface area contributed by atoms with Crippen LogP contribution < -0.4 is 5.32 Å². The molecule has 4 aromatic rings. The largest absolute Gasteiger partial charge is 0.371 e. The van der Waals surface area contributed by atoms with E-state index in [1.165, 1.54) is 0 Å². The molecule has 0 radical (unpaired) electrons. The van der Waals surface area contributed by atoms with E-state index in [9.17, 15) is 4.79 Å². The highest BCUT2D eigenvalue weighted by atomic mass is 16.1. The number of amides is 1. The number of nitriles is 1. The second kappa shape index (κ2) is 9.90. The van der Waals surface area contributed by atoms with Gasteiger partial charge in [0.25, 0.3) is 0 Å². The zero-order valence-electron chi connectivity index (χ0n) is 21.2. The van der Waals surface area contributed by atoms with Crippen LogP contribution in [0.2, 0.25) is 0 Å². The summed E-state index contributed by atoms with van der Waals surface area (Å²) in [5, 5.41) is 17.1. The van der Waals surface area contributed by atoms with Crippen LogP contribution in [0.25, 0.3) is 33.9 Å². The van der Waals surface area contributed by atoms with Crippen molar-refractivity contribution >= 4 is 17.3 Å². The first-order valence-corrected chi connectivity index (χ1v) is 12.6. The summed E-state index contributed by atoms with van der Waals surface area (Å²) in [6.07, 6.45) is 4.56. The SMILES string of the molecule is C=C(c1ccc(-c2ccc3ncc(-c4ccc(C#N)cc4)n3n2)cc1)N1CCC(CC)(NC(C)=O)CC1. The molecule has 0 spiro atoms. The van der Waals surface area contributed by atoms with Crippen LogP contribution in [-0.2, 0) is 4.79 Å². The summed E-state index contributed by atoms with van der Waals surface area (Å²) in [6, 6.07) is 21.9. The maximum atomic E-state index is 11.7. The predicted octanol–water partition coefficient (Wildman–Crippen LogP) is 5.29. The molecule has 3 heterocycles. The minimum absolute atomic E-state index is 0.0382. The number of rotatable bonds is 6. The molecule has 5 rings (SSSR count). The fourth-order valence-corrected chi connectivity index (χ4v) is 5.10. The highest BCUT2D eigenvalue weighted by molar-refractivity contribution is 5.74. The highest BCUT2D eigenvalue weighted by Gasteiger charge is 2.34. The van der Waals surface area contributed by atoms with E-state index in [0.29, 0.717) is 5.56 Å². The van der Waals surface area contributed by atoms with Gasteiger partial charge in [0.15, 0.2) is 5.65 Å². The molecule has 1 amide bonds. The van der Waals surface area contributed by atoms with Gasteiger partial charge in [0.1, 0.15) is 0 Å². The number of hydrogen-bond acceptors (Lipinski definition) is 5. The summed E-state index contributed by atoms with van der Waals surface area (Å²) in [5.74, 6) is 0.0382. The van der Waals surface area contributed by atoms with Crippen molar-refractivity contribution in [1.82, 2.24) is 24.8 Å². The number of aromatic nitrogens is 3. The number of hydrogen-bond donors (Lipinski definition) is 1. The molecule has 7 nitrogen and oxygen atoms in total. The monoisotopic (exact) mass is 490 g/mol. The summed E-state index contributed by atoms with van der Waals surface area (Å²) in [4.78, 5) is 18.5. The molecule has 0 atom stereocenters. The van der Waals surface area contributed by atoms with Crippen LogP contribution in [0.15, 0.2) is 73.4 Å². The second-order valence-electron chi connectivity index (χ2n) is 9.65. The number of benzene rings is 2. The van der Waals surface area contributed by atoms with E-state index in [-0.39, 0.29) is 11.4 Å². The van der Waals surface area contributed by atoms with Gasteiger partial charge >= 0.3 is 0 Å². The molecule has 1 saturated heterocycles. The Labute approximate surface area is 217 Å². The molecule has 0 unspecified atom stereocenters. The third kappa shape index (κ3) is 4.83. The molecular formula is C30H30N6O. The third-order valence-corrected chi connectivity index (χ3v) is 7.41. The smallest absolute Gasteiger partial charge is 0.217 e. The number of imidazole rings is 1. The van der Waals surface area contributed by atoms with Crippen molar-refractivity contribution in [3.05, 3.63) is 84.6 Å². The van der Waals surface area contributed by atoms with Crippen molar-refractivity contribution in [3.63, 3.8) is 0 Å². The zero-order chi connectivity index (χ0) is 26.0. The van der Waals surface area contributed by atoms with Crippen LogP contribution in [0.4, 0.5) is 0 Å². The predicted molar refractivity (Wildman–Crippen MR) is 145 cm³/mol. The maximum absolute atomic E-state index is 11.7. The van der Waals surface area contributed by atoms with Gasteiger partial charge in [-0.05, 0) is 49.1 Å². The lowest BCUT2D eigenvalue weighted by Crippen LogP contribution is -2.54. The molecule has 1 fully saturated rings. The van der Waals surface area contributed by atoms with Gasteiger partial charge in [0, 0.05) is 42.4 Å². The maximum Gasteiger partial charge on any atom is 0.217 e. The number of nitrogens with zero attached hydrogens (tertiary/aromatic N) is 5. The molecule has 1 aliphatic heterocycles. The highest BCUT2D eigenvalue weighted by Crippen LogP contribution is 2.31. The number of fused-ring (bicyclic) bond motifs is 1. The van der Waals surface area contributed by atoms with Crippen LogP contribution in [0, 0.1) is 11.3 Å². The van der Waals surface area contributed by atoms with Crippen LogP contribution in [0.1, 0.15) is 44.2 Å². The lowest BCUT2D eigenvalue weighted by atomic mass is 9.84. The summed E-state index contributed by atoms with van der Waals surface area (Å²) < 4.78 is 1.84. The van der Waals surface area contributed by atoms with E-state index in [0.717, 1.165) is 71.8 Å². The van der Waals surface area contributed by atoms with Crippen LogP contribution in [0.5, 0.6) is 0 Å². The Bertz CT molecular complexity index is 1490. The Morgan fingerprint density at radius 3 is 2.35 bits per heavy atom. The molecule has 0 bridgehead atoms. The van der Waals surface area contributed by atoms with Gasteiger partial charge in [-0.1, -0.05) is 49.9 Å². The fraction of sp³-hybridized carbons (Fsp3) is 0.267. The van der Waals surface area contributed by atoms with Gasteiger partial charge in [-0.25, -0.2) is 9.50 Å². The average Bonchev–Trinajstić information content (AvgIpc) is 3.36. The second-order valence-corrected chi connectivity index (χ2v) is 9.65. The number of carbonyl (C=O) groups is 1. The lowest BCUT2D eigenvalue weighted by molar-refractivity contribution is -0.121. The van der Waals surface area contributed by atoms with E-state index < -0.39 is 0 Å². The normalized spacial score (nSPS) is 14.8. The van der Waals surface area contributed by atoms with Crippen molar-refractivity contribution in [2.45, 2.75) is 38.6 Å². The van der Waals surface area contributed by atoms with E-state index in [1.807, 2.05) is 28.8 Å². The van der Waals surface area contributed by atoms with E-state index >= 15 is 0 Å². The number of piperidine rings is 1. The molecule has 0 aliphatic carbocycles. The topological polar surface area (TPSA) is 86.3 Å². The minimum Gasteiger partial charge on any atom is -0.371 e.